The average molecular weight is 203 g/mol. The quantitative estimate of drug-likeness (QED) is 0.815. The van der Waals surface area contributed by atoms with Crippen molar-refractivity contribution in [3.63, 3.8) is 0 Å². The fourth-order valence-electron chi connectivity index (χ4n) is 1.15. The number of nitrogens with zero attached hydrogens (tertiary/aromatic N) is 2. The van der Waals surface area contributed by atoms with Crippen LogP contribution in [-0.4, -0.2) is 10.2 Å². The third-order valence-corrected chi connectivity index (χ3v) is 1.91. The Hall–Kier alpha value is -1.97. The first-order valence-electron chi connectivity index (χ1n) is 4.57. The molecule has 0 aliphatic rings. The van der Waals surface area contributed by atoms with Gasteiger partial charge in [-0.05, 0) is 43.3 Å². The summed E-state index contributed by atoms with van der Waals surface area (Å²) in [5, 5.41) is 10.9. The molecule has 0 aliphatic heterocycles. The maximum absolute atomic E-state index is 12.6. The third kappa shape index (κ3) is 2.49. The summed E-state index contributed by atoms with van der Waals surface area (Å²) in [6, 6.07) is 9.77. The molecule has 0 fully saturated rings. The Kier molecular flexibility index (Phi) is 2.58. The Morgan fingerprint density at radius 1 is 1.00 bits per heavy atom. The summed E-state index contributed by atoms with van der Waals surface area (Å²) >= 11 is 0. The largest absolute Gasteiger partial charge is 0.339 e. The molecule has 0 saturated carbocycles. The van der Waals surface area contributed by atoms with Gasteiger partial charge in [0.2, 0.25) is 0 Å². The number of hydrogen-bond acceptors (Lipinski definition) is 3. The molecule has 0 saturated heterocycles. The molecular weight excluding hydrogens is 193 g/mol. The average Bonchev–Trinajstić information content (AvgIpc) is 2.25. The van der Waals surface area contributed by atoms with Gasteiger partial charge in [-0.2, -0.15) is 5.10 Å². The molecule has 2 rings (SSSR count). The highest BCUT2D eigenvalue weighted by Crippen LogP contribution is 2.13. The maximum atomic E-state index is 12.6. The molecule has 15 heavy (non-hydrogen) atoms. The van der Waals surface area contributed by atoms with Crippen molar-refractivity contribution >= 4 is 11.5 Å². The summed E-state index contributed by atoms with van der Waals surface area (Å²) in [5.41, 5.74) is 1.65. The van der Waals surface area contributed by atoms with Crippen molar-refractivity contribution in [1.29, 1.82) is 0 Å². The lowest BCUT2D eigenvalue weighted by Gasteiger charge is -2.04. The van der Waals surface area contributed by atoms with E-state index in [0.29, 0.717) is 5.82 Å². The van der Waals surface area contributed by atoms with Crippen molar-refractivity contribution in [2.24, 2.45) is 0 Å². The van der Waals surface area contributed by atoms with Crippen molar-refractivity contribution < 1.29 is 4.39 Å². The van der Waals surface area contributed by atoms with Crippen molar-refractivity contribution in [1.82, 2.24) is 10.2 Å². The Labute approximate surface area is 87.0 Å². The van der Waals surface area contributed by atoms with Crippen LogP contribution in [0.1, 0.15) is 5.69 Å². The molecule has 1 N–H and O–H groups in total. The smallest absolute Gasteiger partial charge is 0.153 e. The first-order chi connectivity index (χ1) is 7.24. The summed E-state index contributed by atoms with van der Waals surface area (Å²) in [6.07, 6.45) is 0. The van der Waals surface area contributed by atoms with Gasteiger partial charge in [-0.25, -0.2) is 4.39 Å². The van der Waals surface area contributed by atoms with Crippen LogP contribution in [-0.2, 0) is 0 Å². The van der Waals surface area contributed by atoms with Gasteiger partial charge in [0.1, 0.15) is 5.82 Å². The van der Waals surface area contributed by atoms with Crippen LogP contribution in [0.3, 0.4) is 0 Å². The highest BCUT2D eigenvalue weighted by Gasteiger charge is 1.96. The van der Waals surface area contributed by atoms with Crippen molar-refractivity contribution in [2.75, 3.05) is 5.32 Å². The zero-order valence-corrected chi connectivity index (χ0v) is 8.24. The number of aryl methyl sites for hydroxylation is 1. The Bertz CT molecular complexity index is 393. The molecule has 1 aromatic carbocycles. The number of anilines is 2. The van der Waals surface area contributed by atoms with Crippen LogP contribution in [0.5, 0.6) is 0 Å². The van der Waals surface area contributed by atoms with Crippen molar-refractivity contribution in [2.45, 2.75) is 6.92 Å². The van der Waals surface area contributed by atoms with Crippen LogP contribution in [0.4, 0.5) is 15.9 Å². The number of halogens is 1. The van der Waals surface area contributed by atoms with E-state index in [1.54, 1.807) is 12.1 Å². The minimum Gasteiger partial charge on any atom is -0.339 e. The minimum absolute atomic E-state index is 0.254. The number of hydrogen-bond donors (Lipinski definition) is 1. The van der Waals surface area contributed by atoms with Crippen molar-refractivity contribution in [3.8, 4) is 0 Å². The summed E-state index contributed by atoms with van der Waals surface area (Å²) in [6.45, 7) is 1.87. The first-order valence-corrected chi connectivity index (χ1v) is 4.57. The highest BCUT2D eigenvalue weighted by atomic mass is 19.1. The van der Waals surface area contributed by atoms with Gasteiger partial charge in [0.15, 0.2) is 5.82 Å². The summed E-state index contributed by atoms with van der Waals surface area (Å²) in [4.78, 5) is 0. The predicted octanol–water partition coefficient (Wildman–Crippen LogP) is 2.67. The standard InChI is InChI=1S/C11H10FN3/c1-8-2-7-11(15-14-8)13-10-5-3-9(12)4-6-10/h2-7H,1H3,(H,13,15). The van der Waals surface area contributed by atoms with Crippen LogP contribution >= 0.6 is 0 Å². The lowest BCUT2D eigenvalue weighted by atomic mass is 10.3. The molecule has 1 aromatic heterocycles. The van der Waals surface area contributed by atoms with Gasteiger partial charge in [-0.15, -0.1) is 5.10 Å². The molecule has 0 bridgehead atoms. The molecule has 0 atom stereocenters. The normalized spacial score (nSPS) is 10.0. The molecule has 0 amide bonds. The van der Waals surface area contributed by atoms with Crippen LogP contribution in [0.2, 0.25) is 0 Å². The second kappa shape index (κ2) is 4.04. The second-order valence-electron chi connectivity index (χ2n) is 3.19. The predicted molar refractivity (Wildman–Crippen MR) is 56.5 cm³/mol. The molecule has 0 spiro atoms. The SMILES string of the molecule is Cc1ccc(Nc2ccc(F)cc2)nn1. The minimum atomic E-state index is -0.254. The van der Waals surface area contributed by atoms with Crippen LogP contribution < -0.4 is 5.32 Å². The van der Waals surface area contributed by atoms with Crippen LogP contribution in [0.15, 0.2) is 36.4 Å². The van der Waals surface area contributed by atoms with Gasteiger partial charge in [0, 0.05) is 5.69 Å². The Morgan fingerprint density at radius 3 is 2.33 bits per heavy atom. The van der Waals surface area contributed by atoms with Gasteiger partial charge in [-0.1, -0.05) is 0 Å². The first kappa shape index (κ1) is 9.58. The van der Waals surface area contributed by atoms with E-state index in [0.717, 1.165) is 11.4 Å². The number of aromatic nitrogens is 2. The topological polar surface area (TPSA) is 37.8 Å². The lowest BCUT2D eigenvalue weighted by Crippen LogP contribution is -1.95. The van der Waals surface area contributed by atoms with Gasteiger partial charge in [0.25, 0.3) is 0 Å². The number of nitrogens with one attached hydrogen (secondary N) is 1. The Morgan fingerprint density at radius 2 is 1.73 bits per heavy atom. The monoisotopic (exact) mass is 203 g/mol. The fraction of sp³-hybridized carbons (Fsp3) is 0.0909. The van der Waals surface area contributed by atoms with E-state index in [9.17, 15) is 4.39 Å². The van der Waals surface area contributed by atoms with Gasteiger partial charge >= 0.3 is 0 Å². The molecule has 0 unspecified atom stereocenters. The van der Waals surface area contributed by atoms with E-state index < -0.39 is 0 Å². The van der Waals surface area contributed by atoms with Crippen molar-refractivity contribution in [3.05, 3.63) is 47.9 Å². The lowest BCUT2D eigenvalue weighted by molar-refractivity contribution is 0.628. The Balaban J connectivity index is 2.15. The molecule has 3 nitrogen and oxygen atoms in total. The molecule has 76 valence electrons. The zero-order valence-electron chi connectivity index (χ0n) is 8.24. The second-order valence-corrected chi connectivity index (χ2v) is 3.19. The molecule has 1 heterocycles. The zero-order chi connectivity index (χ0) is 10.7. The summed E-state index contributed by atoms with van der Waals surface area (Å²) in [5.74, 6) is 0.391. The van der Waals surface area contributed by atoms with Gasteiger partial charge in [-0.3, -0.25) is 0 Å². The molecule has 2 aromatic rings. The number of rotatable bonds is 2. The van der Waals surface area contributed by atoms with E-state index in [1.807, 2.05) is 19.1 Å². The maximum Gasteiger partial charge on any atom is 0.153 e. The summed E-state index contributed by atoms with van der Waals surface area (Å²) in [7, 11) is 0. The van der Waals surface area contributed by atoms with Gasteiger partial charge < -0.3 is 5.32 Å². The van der Waals surface area contributed by atoms with E-state index in [2.05, 4.69) is 15.5 Å². The van der Waals surface area contributed by atoms with Crippen LogP contribution in [0, 0.1) is 12.7 Å². The molecular formula is C11H10FN3. The molecule has 4 heteroatoms. The number of benzene rings is 1. The highest BCUT2D eigenvalue weighted by molar-refractivity contribution is 5.55. The van der Waals surface area contributed by atoms with E-state index in [4.69, 9.17) is 0 Å². The van der Waals surface area contributed by atoms with Gasteiger partial charge in [0.05, 0.1) is 5.69 Å². The third-order valence-electron chi connectivity index (χ3n) is 1.91. The van der Waals surface area contributed by atoms with E-state index >= 15 is 0 Å². The molecule has 0 aliphatic carbocycles. The molecule has 0 radical (unpaired) electrons. The van der Waals surface area contributed by atoms with E-state index in [1.165, 1.54) is 12.1 Å². The fourth-order valence-corrected chi connectivity index (χ4v) is 1.15. The van der Waals surface area contributed by atoms with Crippen LogP contribution in [0.25, 0.3) is 0 Å². The summed E-state index contributed by atoms with van der Waals surface area (Å²) < 4.78 is 12.6. The van der Waals surface area contributed by atoms with E-state index in [-0.39, 0.29) is 5.82 Å².